The highest BCUT2D eigenvalue weighted by Crippen LogP contribution is 2.35. The molecule has 4 amide bonds. The number of pyridine rings is 1. The number of aromatic nitrogens is 1. The van der Waals surface area contributed by atoms with Crippen LogP contribution in [0.4, 0.5) is 9.59 Å². The van der Waals surface area contributed by atoms with Crippen LogP contribution in [0.1, 0.15) is 125 Å². The fourth-order valence-corrected chi connectivity index (χ4v) is 9.05. The van der Waals surface area contributed by atoms with Crippen molar-refractivity contribution in [2.24, 2.45) is 17.8 Å². The Bertz CT molecular complexity index is 2330. The summed E-state index contributed by atoms with van der Waals surface area (Å²) >= 11 is 0. The van der Waals surface area contributed by atoms with Gasteiger partial charge in [-0.3, -0.25) is 24.4 Å². The molecule has 3 aromatic rings. The number of esters is 2. The number of carbonyl (C=O) groups excluding carboxylic acids is 6. The molecule has 1 aromatic heterocycles. The van der Waals surface area contributed by atoms with Gasteiger partial charge in [-0.2, -0.15) is 0 Å². The number of amides is 4. The second kappa shape index (κ2) is 25.2. The summed E-state index contributed by atoms with van der Waals surface area (Å²) in [5, 5.41) is 11.8. The van der Waals surface area contributed by atoms with Crippen LogP contribution in [0.25, 0.3) is 0 Å². The maximum Gasteiger partial charge on any atom is 0.408 e. The van der Waals surface area contributed by atoms with Crippen LogP contribution in [0.15, 0.2) is 79.1 Å². The Balaban J connectivity index is 1.50. The van der Waals surface area contributed by atoms with Crippen molar-refractivity contribution < 1.29 is 47.7 Å². The summed E-state index contributed by atoms with van der Waals surface area (Å²) in [7, 11) is 0. The summed E-state index contributed by atoms with van der Waals surface area (Å²) < 4.78 is 23.7. The van der Waals surface area contributed by atoms with E-state index in [1.165, 1.54) is 0 Å². The molecule has 4 N–H and O–H groups in total. The monoisotopic (exact) mass is 1010 g/mol. The van der Waals surface area contributed by atoms with E-state index in [1.54, 1.807) is 75.4 Å². The number of nitrogens with one attached hydrogen (secondary N) is 4. The van der Waals surface area contributed by atoms with E-state index in [0.717, 1.165) is 22.3 Å². The predicted octanol–water partition coefficient (Wildman–Crippen LogP) is 7.07. The molecular weight excluding hydrogens is 931 g/mol. The lowest BCUT2D eigenvalue weighted by Gasteiger charge is -2.43. The number of nitrogens with zero attached hydrogens (tertiary/aromatic N) is 3. The maximum absolute atomic E-state index is 15.2. The summed E-state index contributed by atoms with van der Waals surface area (Å²) in [5.74, 6) is -3.56. The first-order chi connectivity index (χ1) is 34.1. The van der Waals surface area contributed by atoms with Crippen LogP contribution in [-0.2, 0) is 57.5 Å². The lowest BCUT2D eigenvalue weighted by molar-refractivity contribution is -0.157. The van der Waals surface area contributed by atoms with Crippen LogP contribution in [0.2, 0.25) is 0 Å². The molecule has 2 unspecified atom stereocenters. The summed E-state index contributed by atoms with van der Waals surface area (Å²) in [6.45, 7) is 25.4. The van der Waals surface area contributed by atoms with E-state index >= 15 is 4.79 Å². The average molecular weight is 1010 g/mol. The molecule has 1 aliphatic carbocycles. The molecule has 7 atom stereocenters. The molecule has 400 valence electrons. The zero-order valence-electron chi connectivity index (χ0n) is 45.3. The van der Waals surface area contributed by atoms with E-state index in [4.69, 9.17) is 18.9 Å². The standard InChI is InChI=1S/C56H81N7O10/c1-35(2)45(59-52(68)72-55(8,9)10)50(66)70-41(33-63-27-26-62(32-38-22-19-25-57-31-38)34-43(63)49(65)61-54(5,6)7)29-40(28-37-20-15-14-16-21-37)48(64)58-47-42-24-18-17-23-39(42)30-44(47)71-51(67)46(36(3)4)60-53(69)73-56(11,12)13/h14-25,31,35-36,40-41,43-47H,26-30,32-34H2,1-13H3,(H,58,64)(H,59,68)(H,60,69)(H,61,65)/t40-,41-,43-,44+,45?,46?,47-/m0/s1. The molecule has 0 saturated carbocycles. The van der Waals surface area contributed by atoms with Gasteiger partial charge in [0.15, 0.2) is 0 Å². The SMILES string of the molecule is CC(C)C(NC(=O)OC(C)(C)C)C(=O)O[C@@H](C[C@H](Cc1ccccc1)C(=O)N[C@H]1c2ccccc2C[C@H]1OC(=O)C(NC(=O)OC(C)(C)C)C(C)C)CN1CCN(Cc2cccnc2)C[C@H]1C(=O)NC(C)(C)C. The number of hydrogen-bond donors (Lipinski definition) is 4. The third kappa shape index (κ3) is 18.4. The van der Waals surface area contributed by atoms with Gasteiger partial charge in [-0.25, -0.2) is 19.2 Å². The third-order valence-electron chi connectivity index (χ3n) is 12.4. The van der Waals surface area contributed by atoms with E-state index in [1.807, 2.05) is 98.6 Å². The minimum Gasteiger partial charge on any atom is -0.459 e. The van der Waals surface area contributed by atoms with Gasteiger partial charge in [0, 0.05) is 63.0 Å². The van der Waals surface area contributed by atoms with Gasteiger partial charge in [-0.15, -0.1) is 0 Å². The fourth-order valence-electron chi connectivity index (χ4n) is 9.05. The minimum absolute atomic E-state index is 0.0152. The lowest BCUT2D eigenvalue weighted by atomic mass is 9.91. The molecule has 1 fully saturated rings. The van der Waals surface area contributed by atoms with Crippen molar-refractivity contribution in [2.45, 2.75) is 169 Å². The van der Waals surface area contributed by atoms with E-state index < -0.39 is 89.1 Å². The second-order valence-electron chi connectivity index (χ2n) is 23.1. The first-order valence-electron chi connectivity index (χ1n) is 25.6. The Hall–Kier alpha value is -6.07. The normalized spacial score (nSPS) is 19.1. The molecule has 0 spiro atoms. The van der Waals surface area contributed by atoms with Gasteiger partial charge >= 0.3 is 24.1 Å². The van der Waals surface area contributed by atoms with Crippen molar-refractivity contribution in [3.05, 3.63) is 101 Å². The predicted molar refractivity (Wildman–Crippen MR) is 278 cm³/mol. The molecule has 17 nitrogen and oxygen atoms in total. The van der Waals surface area contributed by atoms with Gasteiger partial charge in [0.2, 0.25) is 11.8 Å². The van der Waals surface area contributed by atoms with Gasteiger partial charge < -0.3 is 40.2 Å². The molecule has 73 heavy (non-hydrogen) atoms. The molecule has 1 aliphatic heterocycles. The highest BCUT2D eigenvalue weighted by molar-refractivity contribution is 5.84. The lowest BCUT2D eigenvalue weighted by Crippen LogP contribution is -2.62. The number of rotatable bonds is 19. The Morgan fingerprint density at radius 1 is 0.726 bits per heavy atom. The smallest absolute Gasteiger partial charge is 0.408 e. The molecule has 5 rings (SSSR count). The number of carbonyl (C=O) groups is 6. The highest BCUT2D eigenvalue weighted by atomic mass is 16.6. The number of ether oxygens (including phenoxy) is 4. The summed E-state index contributed by atoms with van der Waals surface area (Å²) in [5.41, 5.74) is 1.35. The minimum atomic E-state index is -1.11. The van der Waals surface area contributed by atoms with Crippen LogP contribution in [0.3, 0.4) is 0 Å². The van der Waals surface area contributed by atoms with Crippen molar-refractivity contribution in [3.8, 4) is 0 Å². The molecule has 0 bridgehead atoms. The Kier molecular flexibility index (Phi) is 20.0. The Morgan fingerprint density at radius 2 is 1.32 bits per heavy atom. The second-order valence-corrected chi connectivity index (χ2v) is 23.1. The largest absolute Gasteiger partial charge is 0.459 e. The summed E-state index contributed by atoms with van der Waals surface area (Å²) in [4.78, 5) is 92.6. The number of alkyl carbamates (subject to hydrolysis) is 2. The molecular formula is C56H81N7O10. The zero-order valence-corrected chi connectivity index (χ0v) is 45.3. The van der Waals surface area contributed by atoms with Gasteiger partial charge in [-0.1, -0.05) is 88.4 Å². The number of benzene rings is 2. The van der Waals surface area contributed by atoms with Crippen LogP contribution in [0, 0.1) is 17.8 Å². The number of fused-ring (bicyclic) bond motifs is 1. The molecule has 2 heterocycles. The topological polar surface area (TPSA) is 207 Å². The van der Waals surface area contributed by atoms with Crippen LogP contribution >= 0.6 is 0 Å². The number of piperazine rings is 1. The quantitative estimate of drug-likeness (QED) is 0.0702. The fraction of sp³-hybridized carbons (Fsp3) is 0.589. The van der Waals surface area contributed by atoms with Crippen molar-refractivity contribution in [2.75, 3.05) is 26.2 Å². The Morgan fingerprint density at radius 3 is 1.89 bits per heavy atom. The first-order valence-corrected chi connectivity index (χ1v) is 25.6. The van der Waals surface area contributed by atoms with E-state index in [0.29, 0.717) is 32.6 Å². The van der Waals surface area contributed by atoms with Gasteiger partial charge in [-0.05, 0) is 115 Å². The summed E-state index contributed by atoms with van der Waals surface area (Å²) in [6.07, 6.45) is 0.746. The van der Waals surface area contributed by atoms with Crippen molar-refractivity contribution in [1.29, 1.82) is 0 Å². The van der Waals surface area contributed by atoms with Crippen molar-refractivity contribution >= 4 is 35.9 Å². The van der Waals surface area contributed by atoms with E-state index in [9.17, 15) is 24.0 Å². The zero-order chi connectivity index (χ0) is 53.8. The van der Waals surface area contributed by atoms with Crippen LogP contribution < -0.4 is 21.3 Å². The van der Waals surface area contributed by atoms with Gasteiger partial charge in [0.1, 0.15) is 41.5 Å². The summed E-state index contributed by atoms with van der Waals surface area (Å²) in [6, 6.07) is 17.4. The van der Waals surface area contributed by atoms with Gasteiger partial charge in [0.25, 0.3) is 0 Å². The van der Waals surface area contributed by atoms with E-state index in [-0.39, 0.29) is 37.1 Å². The van der Waals surface area contributed by atoms with Crippen molar-refractivity contribution in [3.63, 3.8) is 0 Å². The molecule has 2 aromatic carbocycles. The highest BCUT2D eigenvalue weighted by Gasteiger charge is 2.42. The Labute approximate surface area is 432 Å². The average Bonchev–Trinajstić information content (AvgIpc) is 3.62. The maximum atomic E-state index is 15.2. The van der Waals surface area contributed by atoms with Crippen molar-refractivity contribution in [1.82, 2.24) is 36.1 Å². The number of hydrogen-bond acceptors (Lipinski definition) is 13. The first kappa shape index (κ1) is 57.8. The van der Waals surface area contributed by atoms with E-state index in [2.05, 4.69) is 31.2 Å². The van der Waals surface area contributed by atoms with Gasteiger partial charge in [0.05, 0.1) is 6.04 Å². The molecule has 2 aliphatic rings. The molecule has 17 heteroatoms. The molecule has 0 radical (unpaired) electrons. The molecule has 1 saturated heterocycles. The van der Waals surface area contributed by atoms with Crippen LogP contribution in [0.5, 0.6) is 0 Å². The van der Waals surface area contributed by atoms with Crippen LogP contribution in [-0.4, -0.2) is 124 Å². The third-order valence-corrected chi connectivity index (χ3v) is 12.4.